The number of anilines is 2. The van der Waals surface area contributed by atoms with Gasteiger partial charge in [-0.25, -0.2) is 4.79 Å². The van der Waals surface area contributed by atoms with E-state index in [2.05, 4.69) is 10.6 Å². The SMILES string of the molecule is Cc1ccc(OCNC(=O)Nc2ccc(C)cc2N)c(C)c1. The van der Waals surface area contributed by atoms with E-state index in [1.165, 1.54) is 5.56 Å². The standard InChI is InChI=1S/C17H21N3O2/c1-11-5-7-16(13(3)8-11)22-10-19-17(21)20-15-6-4-12(2)9-14(15)18/h4-9H,10,18H2,1-3H3,(H2,19,20,21). The van der Waals surface area contributed by atoms with Crippen LogP contribution in [0, 0.1) is 20.8 Å². The minimum Gasteiger partial charge on any atom is -0.473 e. The lowest BCUT2D eigenvalue weighted by atomic mass is 10.1. The highest BCUT2D eigenvalue weighted by molar-refractivity contribution is 5.92. The Bertz CT molecular complexity index is 684. The molecule has 22 heavy (non-hydrogen) atoms. The molecule has 2 aromatic carbocycles. The Morgan fingerprint density at radius 2 is 1.77 bits per heavy atom. The zero-order chi connectivity index (χ0) is 16.1. The second-order valence-corrected chi connectivity index (χ2v) is 5.28. The van der Waals surface area contributed by atoms with E-state index >= 15 is 0 Å². The van der Waals surface area contributed by atoms with E-state index < -0.39 is 0 Å². The van der Waals surface area contributed by atoms with E-state index in [1.54, 1.807) is 6.07 Å². The van der Waals surface area contributed by atoms with Crippen LogP contribution in [-0.4, -0.2) is 12.8 Å². The molecule has 2 rings (SSSR count). The summed E-state index contributed by atoms with van der Waals surface area (Å²) in [6.07, 6.45) is 0. The maximum atomic E-state index is 11.8. The highest BCUT2D eigenvalue weighted by atomic mass is 16.5. The number of rotatable bonds is 4. The van der Waals surface area contributed by atoms with Crippen LogP contribution in [0.3, 0.4) is 0 Å². The van der Waals surface area contributed by atoms with Gasteiger partial charge in [-0.15, -0.1) is 0 Å². The van der Waals surface area contributed by atoms with Crippen LogP contribution in [0.15, 0.2) is 36.4 Å². The number of carbonyl (C=O) groups is 1. The van der Waals surface area contributed by atoms with Crippen molar-refractivity contribution in [3.05, 3.63) is 53.1 Å². The number of carbonyl (C=O) groups excluding carboxylic acids is 1. The third-order valence-corrected chi connectivity index (χ3v) is 3.25. The van der Waals surface area contributed by atoms with E-state index in [0.717, 1.165) is 16.9 Å². The normalized spacial score (nSPS) is 10.1. The molecule has 0 aliphatic heterocycles. The molecule has 0 aromatic heterocycles. The quantitative estimate of drug-likeness (QED) is 0.598. The van der Waals surface area contributed by atoms with Crippen LogP contribution in [0.2, 0.25) is 0 Å². The van der Waals surface area contributed by atoms with E-state index in [-0.39, 0.29) is 12.8 Å². The molecule has 0 unspecified atom stereocenters. The van der Waals surface area contributed by atoms with Crippen LogP contribution in [0.5, 0.6) is 5.75 Å². The van der Waals surface area contributed by atoms with Crippen LogP contribution in [0.25, 0.3) is 0 Å². The van der Waals surface area contributed by atoms with Crippen molar-refractivity contribution < 1.29 is 9.53 Å². The Morgan fingerprint density at radius 1 is 1.09 bits per heavy atom. The van der Waals surface area contributed by atoms with Gasteiger partial charge in [0.05, 0.1) is 11.4 Å². The highest BCUT2D eigenvalue weighted by Crippen LogP contribution is 2.19. The van der Waals surface area contributed by atoms with Gasteiger partial charge in [0.15, 0.2) is 6.73 Å². The predicted octanol–water partition coefficient (Wildman–Crippen LogP) is 3.35. The van der Waals surface area contributed by atoms with Gasteiger partial charge >= 0.3 is 6.03 Å². The fraction of sp³-hybridized carbons (Fsp3) is 0.235. The number of benzene rings is 2. The van der Waals surface area contributed by atoms with Crippen LogP contribution in [0.4, 0.5) is 16.2 Å². The van der Waals surface area contributed by atoms with Crippen molar-refractivity contribution in [2.75, 3.05) is 17.8 Å². The van der Waals surface area contributed by atoms with Crippen molar-refractivity contribution >= 4 is 17.4 Å². The van der Waals surface area contributed by atoms with E-state index in [0.29, 0.717) is 11.4 Å². The molecule has 0 aliphatic carbocycles. The number of urea groups is 1. The molecule has 116 valence electrons. The van der Waals surface area contributed by atoms with Crippen LogP contribution >= 0.6 is 0 Å². The number of nitrogen functional groups attached to an aromatic ring is 1. The molecule has 0 aliphatic rings. The number of aryl methyl sites for hydroxylation is 3. The molecular weight excluding hydrogens is 278 g/mol. The first-order valence-electron chi connectivity index (χ1n) is 7.07. The van der Waals surface area contributed by atoms with Crippen molar-refractivity contribution in [1.82, 2.24) is 5.32 Å². The number of ether oxygens (including phenoxy) is 1. The van der Waals surface area contributed by atoms with Gasteiger partial charge in [0.1, 0.15) is 5.75 Å². The molecule has 2 amide bonds. The minimum atomic E-state index is -0.361. The van der Waals surface area contributed by atoms with Crippen molar-refractivity contribution in [3.8, 4) is 5.75 Å². The van der Waals surface area contributed by atoms with Gasteiger partial charge in [0, 0.05) is 0 Å². The average molecular weight is 299 g/mol. The summed E-state index contributed by atoms with van der Waals surface area (Å²) < 4.78 is 5.55. The van der Waals surface area contributed by atoms with Crippen molar-refractivity contribution in [2.24, 2.45) is 0 Å². The Kier molecular flexibility index (Phi) is 4.88. The van der Waals surface area contributed by atoms with Crippen molar-refractivity contribution in [3.63, 3.8) is 0 Å². The smallest absolute Gasteiger partial charge is 0.321 e. The van der Waals surface area contributed by atoms with Gasteiger partial charge in [0.2, 0.25) is 0 Å². The molecule has 0 atom stereocenters. The second kappa shape index (κ2) is 6.85. The van der Waals surface area contributed by atoms with Gasteiger partial charge in [-0.1, -0.05) is 23.8 Å². The summed E-state index contributed by atoms with van der Waals surface area (Å²) >= 11 is 0. The van der Waals surface area contributed by atoms with Gasteiger partial charge in [0.25, 0.3) is 0 Å². The van der Waals surface area contributed by atoms with Gasteiger partial charge in [-0.2, -0.15) is 0 Å². The lowest BCUT2D eigenvalue weighted by Crippen LogP contribution is -2.32. The summed E-state index contributed by atoms with van der Waals surface area (Å²) in [5.41, 5.74) is 10.2. The Balaban J connectivity index is 1.85. The lowest BCUT2D eigenvalue weighted by Gasteiger charge is -2.12. The molecule has 0 saturated heterocycles. The zero-order valence-corrected chi connectivity index (χ0v) is 13.1. The molecule has 0 spiro atoms. The minimum absolute atomic E-state index is 0.0848. The molecule has 4 N–H and O–H groups in total. The van der Waals surface area contributed by atoms with Gasteiger partial charge in [-0.05, 0) is 50.1 Å². The molecule has 0 saturated carbocycles. The lowest BCUT2D eigenvalue weighted by molar-refractivity contribution is 0.234. The number of hydrogen-bond donors (Lipinski definition) is 3. The summed E-state index contributed by atoms with van der Waals surface area (Å²) in [7, 11) is 0. The van der Waals surface area contributed by atoms with Crippen molar-refractivity contribution in [2.45, 2.75) is 20.8 Å². The molecule has 0 radical (unpaired) electrons. The molecule has 5 nitrogen and oxygen atoms in total. The number of nitrogens with one attached hydrogen (secondary N) is 2. The largest absolute Gasteiger partial charge is 0.473 e. The Labute approximate surface area is 130 Å². The number of nitrogens with two attached hydrogens (primary N) is 1. The Morgan fingerprint density at radius 3 is 2.45 bits per heavy atom. The van der Waals surface area contributed by atoms with Gasteiger partial charge < -0.3 is 21.1 Å². The second-order valence-electron chi connectivity index (χ2n) is 5.28. The third-order valence-electron chi connectivity index (χ3n) is 3.25. The summed E-state index contributed by atoms with van der Waals surface area (Å²) in [6, 6.07) is 11.0. The van der Waals surface area contributed by atoms with E-state index in [9.17, 15) is 4.79 Å². The topological polar surface area (TPSA) is 76.4 Å². The van der Waals surface area contributed by atoms with Crippen LogP contribution in [0.1, 0.15) is 16.7 Å². The predicted molar refractivity (Wildman–Crippen MR) is 89.2 cm³/mol. The summed E-state index contributed by atoms with van der Waals surface area (Å²) in [5.74, 6) is 0.751. The molecule has 0 heterocycles. The fourth-order valence-corrected chi connectivity index (χ4v) is 2.10. The zero-order valence-electron chi connectivity index (χ0n) is 13.1. The average Bonchev–Trinajstić information content (AvgIpc) is 2.44. The molecule has 2 aromatic rings. The van der Waals surface area contributed by atoms with E-state index in [4.69, 9.17) is 10.5 Å². The van der Waals surface area contributed by atoms with E-state index in [1.807, 2.05) is 51.1 Å². The molecule has 0 bridgehead atoms. The van der Waals surface area contributed by atoms with Crippen LogP contribution < -0.4 is 21.1 Å². The fourth-order valence-electron chi connectivity index (χ4n) is 2.10. The number of amides is 2. The number of hydrogen-bond acceptors (Lipinski definition) is 3. The summed E-state index contributed by atoms with van der Waals surface area (Å²) in [4.78, 5) is 11.8. The monoisotopic (exact) mass is 299 g/mol. The van der Waals surface area contributed by atoms with Crippen molar-refractivity contribution in [1.29, 1.82) is 0 Å². The molecule has 0 fully saturated rings. The maximum Gasteiger partial charge on any atom is 0.321 e. The first-order valence-corrected chi connectivity index (χ1v) is 7.07. The maximum absolute atomic E-state index is 11.8. The summed E-state index contributed by atoms with van der Waals surface area (Å²) in [5, 5.41) is 5.33. The molecular formula is C17H21N3O2. The third kappa shape index (κ3) is 4.15. The van der Waals surface area contributed by atoms with Gasteiger partial charge in [-0.3, -0.25) is 0 Å². The molecule has 5 heteroatoms. The highest BCUT2D eigenvalue weighted by Gasteiger charge is 2.05. The first-order chi connectivity index (χ1) is 10.5. The summed E-state index contributed by atoms with van der Waals surface area (Å²) in [6.45, 7) is 6.02. The van der Waals surface area contributed by atoms with Crippen LogP contribution in [-0.2, 0) is 0 Å². The first kappa shape index (κ1) is 15.7. The Hall–Kier alpha value is -2.69.